The fourth-order valence-corrected chi connectivity index (χ4v) is 2.90. The van der Waals surface area contributed by atoms with Gasteiger partial charge in [0.2, 0.25) is 0 Å². The molecule has 0 fully saturated rings. The van der Waals surface area contributed by atoms with Crippen LogP contribution in [0.1, 0.15) is 16.7 Å². The van der Waals surface area contributed by atoms with Crippen molar-refractivity contribution in [1.29, 1.82) is 10.5 Å². The molecule has 1 heterocycles. The monoisotopic (exact) mass is 394 g/mol. The lowest BCUT2D eigenvalue weighted by Gasteiger charge is -2.15. The molecular weight excluding hydrogens is 383 g/mol. The predicted molar refractivity (Wildman–Crippen MR) is 102 cm³/mol. The summed E-state index contributed by atoms with van der Waals surface area (Å²) < 4.78 is 19.1. The van der Waals surface area contributed by atoms with Crippen molar-refractivity contribution in [2.45, 2.75) is 6.61 Å². The summed E-state index contributed by atoms with van der Waals surface area (Å²) in [5.41, 5.74) is 5.53. The van der Waals surface area contributed by atoms with E-state index in [9.17, 15) is 19.7 Å². The molecule has 3 aromatic rings. The van der Waals surface area contributed by atoms with Gasteiger partial charge in [-0.3, -0.25) is 4.79 Å². The number of hydrogen-bond acceptors (Lipinski definition) is 5. The van der Waals surface area contributed by atoms with Crippen LogP contribution in [0.5, 0.6) is 5.75 Å². The zero-order valence-corrected chi connectivity index (χ0v) is 15.0. The molecular formula is C20H12ClFN4O2. The molecule has 0 saturated heterocycles. The number of aromatic nitrogens is 1. The number of anilines is 1. The molecule has 0 unspecified atom stereocenters. The predicted octanol–water partition coefficient (Wildman–Crippen LogP) is 3.74. The largest absolute Gasteiger partial charge is 0.488 e. The van der Waals surface area contributed by atoms with Crippen molar-refractivity contribution in [3.05, 3.63) is 80.3 Å². The summed E-state index contributed by atoms with van der Waals surface area (Å²) in [4.78, 5) is 14.4. The maximum absolute atomic E-state index is 13.4. The minimum atomic E-state index is -0.731. The Balaban J connectivity index is 2.16. The van der Waals surface area contributed by atoms with Gasteiger partial charge in [-0.25, -0.2) is 4.39 Å². The first-order chi connectivity index (χ1) is 13.4. The lowest BCUT2D eigenvalue weighted by molar-refractivity contribution is 0.307. The Hall–Kier alpha value is -3.81. The molecule has 1 aromatic heterocycles. The van der Waals surface area contributed by atoms with Crippen molar-refractivity contribution in [2.75, 3.05) is 5.73 Å². The SMILES string of the molecule is N#Cc1c(N)[nH]c(=O)c(C#N)c1-c1cc(Cl)ccc1OCc1cccc(F)c1. The van der Waals surface area contributed by atoms with Crippen LogP contribution in [0.15, 0.2) is 47.3 Å². The maximum atomic E-state index is 13.4. The van der Waals surface area contributed by atoms with Gasteiger partial charge < -0.3 is 15.5 Å². The van der Waals surface area contributed by atoms with Gasteiger partial charge in [-0.05, 0) is 35.9 Å². The first-order valence-electron chi connectivity index (χ1n) is 7.97. The molecule has 0 spiro atoms. The molecule has 138 valence electrons. The highest BCUT2D eigenvalue weighted by Gasteiger charge is 2.21. The molecule has 0 aliphatic rings. The number of nitriles is 2. The molecule has 28 heavy (non-hydrogen) atoms. The normalized spacial score (nSPS) is 10.1. The van der Waals surface area contributed by atoms with Gasteiger partial charge in [0.15, 0.2) is 0 Å². The molecule has 0 radical (unpaired) electrons. The third kappa shape index (κ3) is 3.66. The number of ether oxygens (including phenoxy) is 1. The number of nitrogen functional groups attached to an aromatic ring is 1. The van der Waals surface area contributed by atoms with Crippen molar-refractivity contribution in [3.8, 4) is 29.0 Å². The van der Waals surface area contributed by atoms with Crippen molar-refractivity contribution >= 4 is 17.4 Å². The summed E-state index contributed by atoms with van der Waals surface area (Å²) in [6.07, 6.45) is 0. The summed E-state index contributed by atoms with van der Waals surface area (Å²) in [7, 11) is 0. The van der Waals surface area contributed by atoms with Gasteiger partial charge in [0.1, 0.15) is 47.3 Å². The van der Waals surface area contributed by atoms with Gasteiger partial charge >= 0.3 is 0 Å². The van der Waals surface area contributed by atoms with Gasteiger partial charge in [0, 0.05) is 16.1 Å². The van der Waals surface area contributed by atoms with E-state index in [1.54, 1.807) is 24.3 Å². The Kier molecular flexibility index (Phi) is 5.30. The Bertz CT molecular complexity index is 1210. The van der Waals surface area contributed by atoms with Crippen LogP contribution >= 0.6 is 11.6 Å². The minimum absolute atomic E-state index is 0.0227. The number of rotatable bonds is 4. The minimum Gasteiger partial charge on any atom is -0.488 e. The van der Waals surface area contributed by atoms with Crippen molar-refractivity contribution in [1.82, 2.24) is 4.98 Å². The number of nitrogens with one attached hydrogen (secondary N) is 1. The second kappa shape index (κ2) is 7.83. The van der Waals surface area contributed by atoms with E-state index in [1.807, 2.05) is 6.07 Å². The Labute approximate surface area is 164 Å². The lowest BCUT2D eigenvalue weighted by Crippen LogP contribution is -2.16. The summed E-state index contributed by atoms with van der Waals surface area (Å²) in [6, 6.07) is 14.1. The van der Waals surface area contributed by atoms with E-state index >= 15 is 0 Å². The summed E-state index contributed by atoms with van der Waals surface area (Å²) in [5, 5.41) is 19.2. The van der Waals surface area contributed by atoms with Crippen LogP contribution in [-0.2, 0) is 6.61 Å². The zero-order valence-electron chi connectivity index (χ0n) is 14.3. The average Bonchev–Trinajstić information content (AvgIpc) is 2.66. The van der Waals surface area contributed by atoms with Gasteiger partial charge in [0.25, 0.3) is 5.56 Å². The summed E-state index contributed by atoms with van der Waals surface area (Å²) in [5.74, 6) is -0.317. The lowest BCUT2D eigenvalue weighted by atomic mass is 9.96. The molecule has 0 saturated carbocycles. The quantitative estimate of drug-likeness (QED) is 0.699. The standard InChI is InChI=1S/C20H12ClFN4O2/c21-12-4-5-17(28-10-11-2-1-3-13(22)6-11)14(7-12)18-15(8-23)19(25)26-20(27)16(18)9-24/h1-7H,10H2,(H3,25,26,27). The van der Waals surface area contributed by atoms with Gasteiger partial charge in [-0.2, -0.15) is 10.5 Å². The van der Waals surface area contributed by atoms with Crippen molar-refractivity contribution in [3.63, 3.8) is 0 Å². The number of hydrogen-bond donors (Lipinski definition) is 2. The highest BCUT2D eigenvalue weighted by molar-refractivity contribution is 6.31. The maximum Gasteiger partial charge on any atom is 0.268 e. The van der Waals surface area contributed by atoms with Gasteiger partial charge in [0.05, 0.1) is 0 Å². The fourth-order valence-electron chi connectivity index (χ4n) is 2.72. The molecule has 0 aliphatic carbocycles. The first-order valence-corrected chi connectivity index (χ1v) is 8.35. The molecule has 0 atom stereocenters. The number of H-pyrrole nitrogens is 1. The number of nitrogens with two attached hydrogens (primary N) is 1. The second-order valence-electron chi connectivity index (χ2n) is 5.78. The second-order valence-corrected chi connectivity index (χ2v) is 6.21. The van der Waals surface area contributed by atoms with Crippen LogP contribution in [0.3, 0.4) is 0 Å². The molecule has 2 aromatic carbocycles. The number of benzene rings is 2. The number of aromatic amines is 1. The first kappa shape index (κ1) is 19.0. The smallest absolute Gasteiger partial charge is 0.268 e. The third-order valence-electron chi connectivity index (χ3n) is 3.96. The highest BCUT2D eigenvalue weighted by atomic mass is 35.5. The van der Waals surface area contributed by atoms with Crippen LogP contribution < -0.4 is 16.0 Å². The van der Waals surface area contributed by atoms with E-state index in [1.165, 1.54) is 24.3 Å². The fraction of sp³-hybridized carbons (Fsp3) is 0.0500. The van der Waals surface area contributed by atoms with Gasteiger partial charge in [-0.15, -0.1) is 0 Å². The molecule has 0 bridgehead atoms. The van der Waals surface area contributed by atoms with Crippen LogP contribution in [-0.4, -0.2) is 4.98 Å². The number of halogens is 2. The van der Waals surface area contributed by atoms with E-state index in [0.29, 0.717) is 10.6 Å². The Morgan fingerprint density at radius 1 is 1.14 bits per heavy atom. The number of pyridine rings is 1. The molecule has 8 heteroatoms. The van der Waals surface area contributed by atoms with E-state index in [-0.39, 0.29) is 40.4 Å². The molecule has 6 nitrogen and oxygen atoms in total. The number of nitrogens with zero attached hydrogens (tertiary/aromatic N) is 2. The zero-order chi connectivity index (χ0) is 20.3. The average molecular weight is 395 g/mol. The van der Waals surface area contributed by atoms with E-state index < -0.39 is 11.4 Å². The third-order valence-corrected chi connectivity index (χ3v) is 4.20. The van der Waals surface area contributed by atoms with E-state index in [2.05, 4.69) is 4.98 Å². The topological polar surface area (TPSA) is 116 Å². The summed E-state index contributed by atoms with van der Waals surface area (Å²) in [6.45, 7) is 0.0227. The Morgan fingerprint density at radius 2 is 1.89 bits per heavy atom. The van der Waals surface area contributed by atoms with Crippen LogP contribution in [0.25, 0.3) is 11.1 Å². The Morgan fingerprint density at radius 3 is 2.57 bits per heavy atom. The molecule has 0 aliphatic heterocycles. The van der Waals surface area contributed by atoms with E-state index in [0.717, 1.165) is 0 Å². The van der Waals surface area contributed by atoms with Gasteiger partial charge in [-0.1, -0.05) is 23.7 Å². The molecule has 0 amide bonds. The molecule has 3 N–H and O–H groups in total. The van der Waals surface area contributed by atoms with Crippen molar-refractivity contribution < 1.29 is 9.13 Å². The van der Waals surface area contributed by atoms with Crippen LogP contribution in [0.4, 0.5) is 10.2 Å². The highest BCUT2D eigenvalue weighted by Crippen LogP contribution is 2.37. The van der Waals surface area contributed by atoms with E-state index in [4.69, 9.17) is 22.1 Å². The van der Waals surface area contributed by atoms with Crippen LogP contribution in [0.2, 0.25) is 5.02 Å². The van der Waals surface area contributed by atoms with Crippen LogP contribution in [0, 0.1) is 28.5 Å². The molecule has 3 rings (SSSR count). The summed E-state index contributed by atoms with van der Waals surface area (Å²) >= 11 is 6.09. The van der Waals surface area contributed by atoms with Crippen molar-refractivity contribution in [2.24, 2.45) is 0 Å².